The normalized spacial score (nSPS) is 11.6. The summed E-state index contributed by atoms with van der Waals surface area (Å²) in [6.07, 6.45) is 3.44. The highest BCUT2D eigenvalue weighted by Crippen LogP contribution is 2.16. The molecule has 124 valence electrons. The molecule has 0 fully saturated rings. The van der Waals surface area contributed by atoms with E-state index < -0.39 is 26.6 Å². The number of sulfonamides is 1. The molecule has 0 radical (unpaired) electrons. The maximum atomic E-state index is 13.6. The minimum absolute atomic E-state index is 0.0153. The average molecular weight is 349 g/mol. The van der Waals surface area contributed by atoms with Crippen molar-refractivity contribution >= 4 is 10.0 Å². The number of benzene rings is 2. The lowest BCUT2D eigenvalue weighted by molar-refractivity contribution is 0.543. The van der Waals surface area contributed by atoms with Crippen molar-refractivity contribution in [1.82, 2.24) is 14.5 Å². The van der Waals surface area contributed by atoms with Crippen LogP contribution in [0.15, 0.2) is 65.8 Å². The van der Waals surface area contributed by atoms with Crippen LogP contribution >= 0.6 is 0 Å². The Morgan fingerprint density at radius 1 is 1.08 bits per heavy atom. The summed E-state index contributed by atoms with van der Waals surface area (Å²) < 4.78 is 54.7. The fraction of sp³-hybridized carbons (Fsp3) is 0.0625. The lowest BCUT2D eigenvalue weighted by atomic mass is 10.2. The Hall–Kier alpha value is -2.58. The lowest BCUT2D eigenvalue weighted by Gasteiger charge is -2.08. The molecule has 0 saturated heterocycles. The van der Waals surface area contributed by atoms with Crippen LogP contribution in [0.3, 0.4) is 0 Å². The Labute approximate surface area is 137 Å². The van der Waals surface area contributed by atoms with Crippen molar-refractivity contribution in [2.24, 2.45) is 0 Å². The van der Waals surface area contributed by atoms with E-state index in [0.717, 1.165) is 17.8 Å². The highest BCUT2D eigenvalue weighted by atomic mass is 32.2. The van der Waals surface area contributed by atoms with Crippen LogP contribution < -0.4 is 4.72 Å². The summed E-state index contributed by atoms with van der Waals surface area (Å²) in [6.45, 7) is -0.0153. The van der Waals surface area contributed by atoms with E-state index in [9.17, 15) is 17.2 Å². The molecule has 0 spiro atoms. The van der Waals surface area contributed by atoms with Gasteiger partial charge in [0, 0.05) is 25.0 Å². The van der Waals surface area contributed by atoms with Crippen LogP contribution in [0.1, 0.15) is 5.56 Å². The Bertz CT molecular complexity index is 940. The predicted octanol–water partition coefficient (Wildman–Crippen LogP) is 2.63. The number of aromatic nitrogens is 2. The van der Waals surface area contributed by atoms with E-state index >= 15 is 0 Å². The molecule has 0 unspecified atom stereocenters. The molecule has 0 bridgehead atoms. The zero-order valence-corrected chi connectivity index (χ0v) is 13.2. The topological polar surface area (TPSA) is 64.0 Å². The summed E-state index contributed by atoms with van der Waals surface area (Å²) in [5, 5.41) is 4.09. The first-order valence-electron chi connectivity index (χ1n) is 6.99. The zero-order chi connectivity index (χ0) is 17.2. The molecule has 8 heteroatoms. The molecule has 1 N–H and O–H groups in total. The Morgan fingerprint density at radius 2 is 1.83 bits per heavy atom. The van der Waals surface area contributed by atoms with Crippen molar-refractivity contribution in [3.63, 3.8) is 0 Å². The summed E-state index contributed by atoms with van der Waals surface area (Å²) in [5.41, 5.74) is 1.52. The SMILES string of the molecule is O=S(=O)(NCc1ccc(-n2cccn2)cc1)c1ccc(F)cc1F. The summed E-state index contributed by atoms with van der Waals surface area (Å²) in [5.74, 6) is -1.96. The third-order valence-corrected chi connectivity index (χ3v) is 4.79. The Kier molecular flexibility index (Phi) is 4.41. The van der Waals surface area contributed by atoms with Crippen LogP contribution in [-0.2, 0) is 16.6 Å². The summed E-state index contributed by atoms with van der Waals surface area (Å²) in [4.78, 5) is -0.586. The fourth-order valence-corrected chi connectivity index (χ4v) is 3.21. The van der Waals surface area contributed by atoms with Crippen LogP contribution in [0.5, 0.6) is 0 Å². The van der Waals surface area contributed by atoms with E-state index in [0.29, 0.717) is 11.6 Å². The molecule has 2 aromatic carbocycles. The minimum Gasteiger partial charge on any atom is -0.241 e. The van der Waals surface area contributed by atoms with Crippen LogP contribution in [-0.4, -0.2) is 18.2 Å². The molecule has 1 heterocycles. The monoisotopic (exact) mass is 349 g/mol. The van der Waals surface area contributed by atoms with Gasteiger partial charge in [-0.1, -0.05) is 12.1 Å². The van der Waals surface area contributed by atoms with Gasteiger partial charge in [0.05, 0.1) is 5.69 Å². The molecule has 24 heavy (non-hydrogen) atoms. The van der Waals surface area contributed by atoms with Gasteiger partial charge in [0.1, 0.15) is 16.5 Å². The van der Waals surface area contributed by atoms with E-state index in [2.05, 4.69) is 9.82 Å². The standard InChI is InChI=1S/C16H13F2N3O2S/c17-13-4-7-16(15(18)10-13)24(22,23)20-11-12-2-5-14(6-3-12)21-9-1-8-19-21/h1-10,20H,11H2. The molecule has 5 nitrogen and oxygen atoms in total. The number of nitrogens with one attached hydrogen (secondary N) is 1. The molecular weight excluding hydrogens is 336 g/mol. The highest BCUT2D eigenvalue weighted by molar-refractivity contribution is 7.89. The van der Waals surface area contributed by atoms with Crippen molar-refractivity contribution in [2.45, 2.75) is 11.4 Å². The Morgan fingerprint density at radius 3 is 2.46 bits per heavy atom. The van der Waals surface area contributed by atoms with Gasteiger partial charge in [-0.3, -0.25) is 0 Å². The lowest BCUT2D eigenvalue weighted by Crippen LogP contribution is -2.24. The Balaban J connectivity index is 1.73. The van der Waals surface area contributed by atoms with Crippen molar-refractivity contribution in [2.75, 3.05) is 0 Å². The number of halogens is 2. The summed E-state index contributed by atoms with van der Waals surface area (Å²) in [6, 6.07) is 11.2. The van der Waals surface area contributed by atoms with E-state index in [1.807, 2.05) is 0 Å². The van der Waals surface area contributed by atoms with Gasteiger partial charge in [-0.15, -0.1) is 0 Å². The first kappa shape index (κ1) is 16.3. The fourth-order valence-electron chi connectivity index (χ4n) is 2.14. The van der Waals surface area contributed by atoms with Crippen molar-refractivity contribution in [1.29, 1.82) is 0 Å². The summed E-state index contributed by atoms with van der Waals surface area (Å²) in [7, 11) is -4.07. The molecular formula is C16H13F2N3O2S. The van der Waals surface area contributed by atoms with Gasteiger partial charge in [0.15, 0.2) is 0 Å². The van der Waals surface area contributed by atoms with E-state index in [-0.39, 0.29) is 6.54 Å². The van der Waals surface area contributed by atoms with E-state index in [1.165, 1.54) is 0 Å². The molecule has 0 saturated carbocycles. The van der Waals surface area contributed by atoms with Crippen LogP contribution in [0.4, 0.5) is 8.78 Å². The number of nitrogens with zero attached hydrogens (tertiary/aromatic N) is 2. The van der Waals surface area contributed by atoms with Crippen LogP contribution in [0.25, 0.3) is 5.69 Å². The second-order valence-corrected chi connectivity index (χ2v) is 6.75. The second-order valence-electron chi connectivity index (χ2n) is 5.02. The smallest absolute Gasteiger partial charge is 0.241 e. The van der Waals surface area contributed by atoms with Crippen LogP contribution in [0.2, 0.25) is 0 Å². The molecule has 3 rings (SSSR count). The number of rotatable bonds is 5. The number of hydrogen-bond donors (Lipinski definition) is 1. The van der Waals surface area contributed by atoms with E-state index in [1.54, 1.807) is 47.4 Å². The third kappa shape index (κ3) is 3.50. The van der Waals surface area contributed by atoms with Crippen molar-refractivity contribution in [3.05, 3.63) is 78.1 Å². The van der Waals surface area contributed by atoms with Gasteiger partial charge in [0.25, 0.3) is 0 Å². The molecule has 0 aliphatic carbocycles. The second kappa shape index (κ2) is 6.50. The molecule has 0 aliphatic rings. The maximum Gasteiger partial charge on any atom is 0.243 e. The van der Waals surface area contributed by atoms with Crippen molar-refractivity contribution < 1.29 is 17.2 Å². The first-order chi connectivity index (χ1) is 11.5. The average Bonchev–Trinajstić information content (AvgIpc) is 3.07. The highest BCUT2D eigenvalue weighted by Gasteiger charge is 2.19. The van der Waals surface area contributed by atoms with Gasteiger partial charge in [-0.25, -0.2) is 26.6 Å². The quantitative estimate of drug-likeness (QED) is 0.770. The summed E-state index contributed by atoms with van der Waals surface area (Å²) >= 11 is 0. The van der Waals surface area contributed by atoms with Crippen LogP contribution in [0, 0.1) is 11.6 Å². The third-order valence-electron chi connectivity index (χ3n) is 3.36. The maximum absolute atomic E-state index is 13.6. The molecule has 0 amide bonds. The molecule has 0 aliphatic heterocycles. The first-order valence-corrected chi connectivity index (χ1v) is 8.48. The van der Waals surface area contributed by atoms with Gasteiger partial charge in [0.2, 0.25) is 10.0 Å². The van der Waals surface area contributed by atoms with Crippen molar-refractivity contribution in [3.8, 4) is 5.69 Å². The van der Waals surface area contributed by atoms with Gasteiger partial charge in [-0.2, -0.15) is 5.10 Å². The molecule has 1 aromatic heterocycles. The predicted molar refractivity (Wildman–Crippen MR) is 83.9 cm³/mol. The minimum atomic E-state index is -4.07. The van der Waals surface area contributed by atoms with E-state index in [4.69, 9.17) is 0 Å². The zero-order valence-electron chi connectivity index (χ0n) is 12.4. The van der Waals surface area contributed by atoms with Gasteiger partial charge < -0.3 is 0 Å². The van der Waals surface area contributed by atoms with Gasteiger partial charge >= 0.3 is 0 Å². The number of hydrogen-bond acceptors (Lipinski definition) is 3. The largest absolute Gasteiger partial charge is 0.243 e. The molecule has 3 aromatic rings. The molecule has 0 atom stereocenters. The van der Waals surface area contributed by atoms with Gasteiger partial charge in [-0.05, 0) is 35.9 Å².